The van der Waals surface area contributed by atoms with E-state index in [1.54, 1.807) is 6.20 Å². The van der Waals surface area contributed by atoms with E-state index in [-0.39, 0.29) is 15.7 Å². The first kappa shape index (κ1) is 16.6. The first-order valence-electron chi connectivity index (χ1n) is 6.84. The Hall–Kier alpha value is -1.79. The second-order valence-corrected chi connectivity index (χ2v) is 5.66. The van der Waals surface area contributed by atoms with Crippen molar-refractivity contribution in [2.45, 2.75) is 26.3 Å². The predicted molar refractivity (Wildman–Crippen MR) is 87.8 cm³/mol. The summed E-state index contributed by atoms with van der Waals surface area (Å²) in [5.41, 5.74) is 0.420. The van der Waals surface area contributed by atoms with Gasteiger partial charge in [0.1, 0.15) is 5.82 Å². The fourth-order valence-corrected chi connectivity index (χ4v) is 2.70. The van der Waals surface area contributed by atoms with Gasteiger partial charge in [0.15, 0.2) is 0 Å². The topological polar surface area (TPSA) is 73.0 Å². The molecular formula is C14H16Cl2N4O2. The van der Waals surface area contributed by atoms with E-state index in [2.05, 4.69) is 14.9 Å². The molecule has 2 aromatic rings. The summed E-state index contributed by atoms with van der Waals surface area (Å²) in [5.74, 6) is 0.995. The number of rotatable bonds is 7. The van der Waals surface area contributed by atoms with Crippen molar-refractivity contribution in [2.75, 3.05) is 11.9 Å². The zero-order valence-corrected chi connectivity index (χ0v) is 13.6. The number of benzene rings is 1. The highest BCUT2D eigenvalue weighted by Crippen LogP contribution is 2.34. The van der Waals surface area contributed by atoms with E-state index in [4.69, 9.17) is 23.2 Å². The van der Waals surface area contributed by atoms with Crippen molar-refractivity contribution >= 4 is 34.6 Å². The molecule has 0 aliphatic rings. The molecule has 6 nitrogen and oxygen atoms in total. The van der Waals surface area contributed by atoms with E-state index in [0.717, 1.165) is 25.2 Å². The molecular weight excluding hydrogens is 327 g/mol. The number of aryl methyl sites for hydroxylation is 2. The minimum atomic E-state index is -0.519. The second kappa shape index (κ2) is 7.47. The van der Waals surface area contributed by atoms with Gasteiger partial charge in [-0.05, 0) is 19.8 Å². The zero-order valence-electron chi connectivity index (χ0n) is 12.1. The standard InChI is InChI=1S/C14H16Cl2N4O2/c1-10-17-5-7-19(10)6-3-2-4-18-14-12(15)8-11(20(21)22)9-13(14)16/h5,7-9,18H,2-4,6H2,1H3. The van der Waals surface area contributed by atoms with Crippen molar-refractivity contribution in [2.24, 2.45) is 0 Å². The van der Waals surface area contributed by atoms with Crippen molar-refractivity contribution in [3.05, 3.63) is 50.5 Å². The molecule has 0 amide bonds. The fourth-order valence-electron chi connectivity index (χ4n) is 2.09. The first-order valence-corrected chi connectivity index (χ1v) is 7.59. The lowest BCUT2D eigenvalue weighted by molar-refractivity contribution is -0.384. The van der Waals surface area contributed by atoms with Gasteiger partial charge >= 0.3 is 0 Å². The summed E-state index contributed by atoms with van der Waals surface area (Å²) >= 11 is 12.1. The molecule has 8 heteroatoms. The lowest BCUT2D eigenvalue weighted by Crippen LogP contribution is -2.06. The molecule has 1 N–H and O–H groups in total. The molecule has 1 aromatic heterocycles. The minimum absolute atomic E-state index is 0.115. The third-order valence-corrected chi connectivity index (χ3v) is 3.89. The van der Waals surface area contributed by atoms with Crippen molar-refractivity contribution in [1.82, 2.24) is 9.55 Å². The van der Waals surface area contributed by atoms with Crippen LogP contribution < -0.4 is 5.32 Å². The molecule has 0 saturated carbocycles. The molecule has 0 radical (unpaired) electrons. The van der Waals surface area contributed by atoms with Gasteiger partial charge < -0.3 is 9.88 Å². The molecule has 0 aliphatic carbocycles. The third-order valence-electron chi connectivity index (χ3n) is 3.29. The Labute approximate surface area is 138 Å². The van der Waals surface area contributed by atoms with Crippen LogP contribution in [-0.2, 0) is 6.54 Å². The predicted octanol–water partition coefficient (Wildman–Crippen LogP) is 4.30. The number of nitrogens with one attached hydrogen (secondary N) is 1. The zero-order chi connectivity index (χ0) is 16.1. The Morgan fingerprint density at radius 2 is 2.00 bits per heavy atom. The normalized spacial score (nSPS) is 10.7. The van der Waals surface area contributed by atoms with Crippen LogP contribution in [0, 0.1) is 17.0 Å². The third kappa shape index (κ3) is 4.11. The van der Waals surface area contributed by atoms with Gasteiger partial charge in [0.05, 0.1) is 20.7 Å². The van der Waals surface area contributed by atoms with E-state index in [1.807, 2.05) is 13.1 Å². The molecule has 0 saturated heterocycles. The molecule has 1 aromatic carbocycles. The first-order chi connectivity index (χ1) is 10.5. The van der Waals surface area contributed by atoms with Crippen LogP contribution in [0.25, 0.3) is 0 Å². The van der Waals surface area contributed by atoms with Gasteiger partial charge in [-0.2, -0.15) is 0 Å². The number of nitro groups is 1. The molecule has 22 heavy (non-hydrogen) atoms. The van der Waals surface area contributed by atoms with Gasteiger partial charge in [-0.3, -0.25) is 10.1 Å². The van der Waals surface area contributed by atoms with Crippen LogP contribution in [0.5, 0.6) is 0 Å². The Morgan fingerprint density at radius 3 is 2.55 bits per heavy atom. The Balaban J connectivity index is 1.84. The summed E-state index contributed by atoms with van der Waals surface area (Å²) < 4.78 is 2.09. The summed E-state index contributed by atoms with van der Waals surface area (Å²) in [7, 11) is 0. The number of non-ortho nitro benzene ring substituents is 1. The van der Waals surface area contributed by atoms with Gasteiger partial charge in [-0.15, -0.1) is 0 Å². The molecule has 0 spiro atoms. The maximum Gasteiger partial charge on any atom is 0.272 e. The Kier molecular flexibility index (Phi) is 5.63. The number of hydrogen-bond donors (Lipinski definition) is 1. The smallest absolute Gasteiger partial charge is 0.272 e. The summed E-state index contributed by atoms with van der Waals surface area (Å²) in [6.45, 7) is 3.55. The molecule has 1 heterocycles. The van der Waals surface area contributed by atoms with Crippen LogP contribution in [0.4, 0.5) is 11.4 Å². The average molecular weight is 343 g/mol. The number of nitro benzene ring substituents is 1. The van der Waals surface area contributed by atoms with Crippen LogP contribution in [0.2, 0.25) is 10.0 Å². The molecule has 0 aliphatic heterocycles. The van der Waals surface area contributed by atoms with E-state index in [1.165, 1.54) is 12.1 Å². The highest BCUT2D eigenvalue weighted by molar-refractivity contribution is 6.39. The minimum Gasteiger partial charge on any atom is -0.383 e. The molecule has 0 fully saturated rings. The van der Waals surface area contributed by atoms with Crippen LogP contribution in [0.15, 0.2) is 24.5 Å². The number of hydrogen-bond acceptors (Lipinski definition) is 4. The summed E-state index contributed by atoms with van der Waals surface area (Å²) in [4.78, 5) is 14.4. The van der Waals surface area contributed by atoms with Crippen molar-refractivity contribution in [3.8, 4) is 0 Å². The molecule has 0 unspecified atom stereocenters. The van der Waals surface area contributed by atoms with Gasteiger partial charge in [0.2, 0.25) is 0 Å². The van der Waals surface area contributed by atoms with E-state index < -0.39 is 4.92 Å². The average Bonchev–Trinajstić information content (AvgIpc) is 2.86. The number of imidazole rings is 1. The number of unbranched alkanes of at least 4 members (excludes halogenated alkanes) is 1. The quantitative estimate of drug-likeness (QED) is 0.462. The van der Waals surface area contributed by atoms with Crippen molar-refractivity contribution in [3.63, 3.8) is 0 Å². The molecule has 0 bridgehead atoms. The fraction of sp³-hybridized carbons (Fsp3) is 0.357. The van der Waals surface area contributed by atoms with Crippen molar-refractivity contribution < 1.29 is 4.92 Å². The summed E-state index contributed by atoms with van der Waals surface area (Å²) in [6.07, 6.45) is 5.63. The second-order valence-electron chi connectivity index (χ2n) is 4.84. The highest BCUT2D eigenvalue weighted by Gasteiger charge is 2.14. The van der Waals surface area contributed by atoms with Gasteiger partial charge in [-0.1, -0.05) is 23.2 Å². The van der Waals surface area contributed by atoms with Crippen LogP contribution in [0.3, 0.4) is 0 Å². The lowest BCUT2D eigenvalue weighted by Gasteiger charge is -2.10. The van der Waals surface area contributed by atoms with Crippen LogP contribution in [-0.4, -0.2) is 21.0 Å². The van der Waals surface area contributed by atoms with Crippen LogP contribution >= 0.6 is 23.2 Å². The highest BCUT2D eigenvalue weighted by atomic mass is 35.5. The number of halogens is 2. The molecule has 118 valence electrons. The van der Waals surface area contributed by atoms with Crippen molar-refractivity contribution in [1.29, 1.82) is 0 Å². The van der Waals surface area contributed by atoms with E-state index in [9.17, 15) is 10.1 Å². The number of anilines is 1. The summed E-state index contributed by atoms with van der Waals surface area (Å²) in [5, 5.41) is 14.4. The SMILES string of the molecule is Cc1nccn1CCCCNc1c(Cl)cc([N+](=O)[O-])cc1Cl. The van der Waals surface area contributed by atoms with Gasteiger partial charge in [0, 0.05) is 37.6 Å². The molecule has 2 rings (SSSR count). The van der Waals surface area contributed by atoms with Gasteiger partial charge in [0.25, 0.3) is 5.69 Å². The molecule has 0 atom stereocenters. The lowest BCUT2D eigenvalue weighted by atomic mass is 10.2. The van der Waals surface area contributed by atoms with Gasteiger partial charge in [-0.25, -0.2) is 4.98 Å². The summed E-state index contributed by atoms with van der Waals surface area (Å²) in [6, 6.07) is 2.59. The van der Waals surface area contributed by atoms with Crippen LogP contribution in [0.1, 0.15) is 18.7 Å². The Morgan fingerprint density at radius 1 is 1.32 bits per heavy atom. The number of nitrogens with zero attached hydrogens (tertiary/aromatic N) is 3. The number of aromatic nitrogens is 2. The largest absolute Gasteiger partial charge is 0.383 e. The van der Waals surface area contributed by atoms with E-state index in [0.29, 0.717) is 12.2 Å². The maximum absolute atomic E-state index is 10.7. The Bertz CT molecular complexity index is 650. The van der Waals surface area contributed by atoms with E-state index >= 15 is 0 Å². The maximum atomic E-state index is 10.7. The monoisotopic (exact) mass is 342 g/mol.